The van der Waals surface area contributed by atoms with Crippen LogP contribution in [0.25, 0.3) is 0 Å². The Bertz CT molecular complexity index is 565. The summed E-state index contributed by atoms with van der Waals surface area (Å²) in [5.74, 6) is -0.0340. The van der Waals surface area contributed by atoms with Crippen molar-refractivity contribution in [3.8, 4) is 0 Å². The third kappa shape index (κ3) is 3.02. The van der Waals surface area contributed by atoms with Gasteiger partial charge in [0.25, 0.3) is 5.91 Å². The van der Waals surface area contributed by atoms with Gasteiger partial charge in [-0.1, -0.05) is 0 Å². The molecule has 0 unspecified atom stereocenters. The normalized spacial score (nSPS) is 28.4. The first-order chi connectivity index (χ1) is 11.0. The monoisotopic (exact) mass is 320 g/mol. The first kappa shape index (κ1) is 16.5. The van der Waals surface area contributed by atoms with Gasteiger partial charge >= 0.3 is 0 Å². The molecule has 1 aliphatic heterocycles. The number of aliphatic hydroxyl groups excluding tert-OH is 1. The van der Waals surface area contributed by atoms with E-state index in [-0.39, 0.29) is 18.0 Å². The van der Waals surface area contributed by atoms with E-state index in [1.165, 1.54) is 12.8 Å². The maximum Gasteiger partial charge on any atom is 0.257 e. The molecular formula is C17H28N4O2. The summed E-state index contributed by atoms with van der Waals surface area (Å²) in [6.07, 6.45) is 5.63. The van der Waals surface area contributed by atoms with Crippen LogP contribution in [0.5, 0.6) is 0 Å². The minimum Gasteiger partial charge on any atom is -0.389 e. The third-order valence-electron chi connectivity index (χ3n) is 5.47. The zero-order valence-electron chi connectivity index (χ0n) is 14.4. The number of aliphatic hydroxyl groups is 1. The topological polar surface area (TPSA) is 61.6 Å². The van der Waals surface area contributed by atoms with Crippen LogP contribution in [0.15, 0.2) is 6.20 Å². The van der Waals surface area contributed by atoms with Crippen molar-refractivity contribution in [2.24, 2.45) is 0 Å². The zero-order chi connectivity index (χ0) is 16.6. The first-order valence-corrected chi connectivity index (χ1v) is 8.76. The maximum absolute atomic E-state index is 12.8. The molecule has 6 heteroatoms. The maximum atomic E-state index is 12.8. The van der Waals surface area contributed by atoms with Crippen molar-refractivity contribution in [3.63, 3.8) is 0 Å². The van der Waals surface area contributed by atoms with Gasteiger partial charge in [0.15, 0.2) is 0 Å². The molecule has 1 aromatic heterocycles. The standard InChI is InChI=1S/C17H28N4O2/c1-4-21-11-13(12(2)18-21)17(23)19(3)14-7-8-15(16(14)22)20-9-5-6-10-20/h11,14-16,22H,4-10H2,1-3H3/t14-,15-,16-/m1/s1. The van der Waals surface area contributed by atoms with Gasteiger partial charge in [-0.05, 0) is 52.6 Å². The second-order valence-corrected chi connectivity index (χ2v) is 6.85. The Morgan fingerprint density at radius 1 is 1.39 bits per heavy atom. The molecule has 2 fully saturated rings. The first-order valence-electron chi connectivity index (χ1n) is 8.76. The van der Waals surface area contributed by atoms with Crippen LogP contribution in [0.2, 0.25) is 0 Å². The second-order valence-electron chi connectivity index (χ2n) is 6.85. The predicted molar refractivity (Wildman–Crippen MR) is 88.4 cm³/mol. The Balaban J connectivity index is 1.71. The molecule has 0 aromatic carbocycles. The van der Waals surface area contributed by atoms with Crippen molar-refractivity contribution in [1.29, 1.82) is 0 Å². The Hall–Kier alpha value is -1.40. The fourth-order valence-corrected chi connectivity index (χ4v) is 4.06. The minimum atomic E-state index is -0.455. The molecule has 1 aromatic rings. The molecule has 128 valence electrons. The summed E-state index contributed by atoms with van der Waals surface area (Å²) in [7, 11) is 1.81. The number of rotatable bonds is 4. The quantitative estimate of drug-likeness (QED) is 0.907. The highest BCUT2D eigenvalue weighted by Gasteiger charge is 2.42. The molecule has 3 atom stereocenters. The summed E-state index contributed by atoms with van der Waals surface area (Å²) in [6, 6.07) is 0.106. The Morgan fingerprint density at radius 2 is 2.09 bits per heavy atom. The smallest absolute Gasteiger partial charge is 0.257 e. The lowest BCUT2D eigenvalue weighted by atomic mass is 10.1. The van der Waals surface area contributed by atoms with E-state index in [9.17, 15) is 9.90 Å². The number of nitrogens with zero attached hydrogens (tertiary/aromatic N) is 4. The molecule has 2 heterocycles. The molecule has 1 saturated heterocycles. The summed E-state index contributed by atoms with van der Waals surface area (Å²) < 4.78 is 1.79. The van der Waals surface area contributed by atoms with Crippen LogP contribution < -0.4 is 0 Å². The lowest BCUT2D eigenvalue weighted by Gasteiger charge is -2.32. The van der Waals surface area contributed by atoms with E-state index >= 15 is 0 Å². The molecule has 0 bridgehead atoms. The number of hydrogen-bond donors (Lipinski definition) is 1. The number of hydrogen-bond acceptors (Lipinski definition) is 4. The Kier molecular flexibility index (Phi) is 4.73. The molecule has 0 spiro atoms. The minimum absolute atomic E-state index is 0.0340. The molecule has 1 amide bonds. The van der Waals surface area contributed by atoms with Crippen molar-refractivity contribution >= 4 is 5.91 Å². The molecule has 1 saturated carbocycles. The van der Waals surface area contributed by atoms with E-state index in [0.29, 0.717) is 5.56 Å². The van der Waals surface area contributed by atoms with Crippen LogP contribution in [0, 0.1) is 6.92 Å². The van der Waals surface area contributed by atoms with Crippen molar-refractivity contribution < 1.29 is 9.90 Å². The van der Waals surface area contributed by atoms with Gasteiger partial charge in [-0.2, -0.15) is 5.10 Å². The van der Waals surface area contributed by atoms with E-state index in [1.807, 2.05) is 27.1 Å². The zero-order valence-corrected chi connectivity index (χ0v) is 14.4. The van der Waals surface area contributed by atoms with E-state index in [4.69, 9.17) is 0 Å². The fourth-order valence-electron chi connectivity index (χ4n) is 4.06. The van der Waals surface area contributed by atoms with E-state index in [2.05, 4.69) is 10.00 Å². The number of carbonyl (C=O) groups is 1. The molecule has 1 aliphatic carbocycles. The van der Waals surface area contributed by atoms with Gasteiger partial charge < -0.3 is 10.0 Å². The van der Waals surface area contributed by atoms with Crippen molar-refractivity contribution in [3.05, 3.63) is 17.5 Å². The molecule has 1 N–H and O–H groups in total. The van der Waals surface area contributed by atoms with Gasteiger partial charge in [-0.25, -0.2) is 0 Å². The number of amides is 1. The van der Waals surface area contributed by atoms with Crippen LogP contribution >= 0.6 is 0 Å². The van der Waals surface area contributed by atoms with Gasteiger partial charge in [-0.3, -0.25) is 14.4 Å². The number of aromatic nitrogens is 2. The molecule has 0 radical (unpaired) electrons. The van der Waals surface area contributed by atoms with Gasteiger partial charge in [-0.15, -0.1) is 0 Å². The number of aryl methyl sites for hydroxylation is 2. The Morgan fingerprint density at radius 3 is 2.70 bits per heavy atom. The summed E-state index contributed by atoms with van der Waals surface area (Å²) in [6.45, 7) is 6.78. The summed E-state index contributed by atoms with van der Waals surface area (Å²) in [4.78, 5) is 16.9. The number of carbonyl (C=O) groups excluding carboxylic acids is 1. The van der Waals surface area contributed by atoms with Crippen LogP contribution in [-0.2, 0) is 6.54 Å². The SMILES string of the molecule is CCn1cc(C(=O)N(C)[C@@H]2CC[C@@H](N3CCCC3)[C@@H]2O)c(C)n1. The van der Waals surface area contributed by atoms with Crippen LogP contribution in [0.1, 0.15) is 48.7 Å². The predicted octanol–water partition coefficient (Wildman–Crippen LogP) is 1.27. The van der Waals surface area contributed by atoms with Gasteiger partial charge in [0.2, 0.25) is 0 Å². The molecule has 3 rings (SSSR count). The fraction of sp³-hybridized carbons (Fsp3) is 0.765. The summed E-state index contributed by atoms with van der Waals surface area (Å²) in [5, 5.41) is 15.1. The van der Waals surface area contributed by atoms with Gasteiger partial charge in [0.1, 0.15) is 0 Å². The van der Waals surface area contributed by atoms with Crippen LogP contribution in [0.4, 0.5) is 0 Å². The average Bonchev–Trinajstić information content (AvgIpc) is 3.25. The lowest BCUT2D eigenvalue weighted by Crippen LogP contribution is -2.48. The summed E-state index contributed by atoms with van der Waals surface area (Å²) in [5.41, 5.74) is 1.40. The highest BCUT2D eigenvalue weighted by atomic mass is 16.3. The molecule has 6 nitrogen and oxygen atoms in total. The van der Waals surface area contributed by atoms with Gasteiger partial charge in [0, 0.05) is 25.8 Å². The van der Waals surface area contributed by atoms with Crippen molar-refractivity contribution in [2.75, 3.05) is 20.1 Å². The molecule has 2 aliphatic rings. The van der Waals surface area contributed by atoms with E-state index < -0.39 is 6.10 Å². The Labute approximate surface area is 138 Å². The second kappa shape index (κ2) is 6.61. The number of likely N-dealkylation sites (N-methyl/N-ethyl adjacent to an activating group) is 1. The highest BCUT2D eigenvalue weighted by molar-refractivity contribution is 5.95. The van der Waals surface area contributed by atoms with Crippen LogP contribution in [0.3, 0.4) is 0 Å². The average molecular weight is 320 g/mol. The van der Waals surface area contributed by atoms with Crippen molar-refractivity contribution in [2.45, 2.75) is 64.3 Å². The largest absolute Gasteiger partial charge is 0.389 e. The van der Waals surface area contributed by atoms with E-state index in [0.717, 1.165) is 38.2 Å². The van der Waals surface area contributed by atoms with Crippen LogP contribution in [-0.4, -0.2) is 68.9 Å². The third-order valence-corrected chi connectivity index (χ3v) is 5.47. The lowest BCUT2D eigenvalue weighted by molar-refractivity contribution is 0.0295. The molecular weight excluding hydrogens is 292 g/mol. The summed E-state index contributed by atoms with van der Waals surface area (Å²) >= 11 is 0. The molecule has 23 heavy (non-hydrogen) atoms. The van der Waals surface area contributed by atoms with Gasteiger partial charge in [0.05, 0.1) is 23.4 Å². The van der Waals surface area contributed by atoms with E-state index in [1.54, 1.807) is 9.58 Å². The number of likely N-dealkylation sites (tertiary alicyclic amines) is 1. The van der Waals surface area contributed by atoms with Crippen molar-refractivity contribution in [1.82, 2.24) is 19.6 Å². The highest BCUT2D eigenvalue weighted by Crippen LogP contribution is 2.31.